The van der Waals surface area contributed by atoms with Crippen LogP contribution in [0, 0.1) is 0 Å². The van der Waals surface area contributed by atoms with Gasteiger partial charge in [-0.05, 0) is 48.7 Å². The van der Waals surface area contributed by atoms with Crippen LogP contribution in [-0.4, -0.2) is 23.3 Å². The van der Waals surface area contributed by atoms with Crippen molar-refractivity contribution in [2.75, 3.05) is 6.54 Å². The summed E-state index contributed by atoms with van der Waals surface area (Å²) < 4.78 is 0. The summed E-state index contributed by atoms with van der Waals surface area (Å²) in [7, 11) is 0. The molecule has 0 aromatic heterocycles. The first-order valence-corrected chi connectivity index (χ1v) is 8.84. The molecule has 1 fully saturated rings. The van der Waals surface area contributed by atoms with Crippen LogP contribution in [0.3, 0.4) is 0 Å². The maximum absolute atomic E-state index is 12.4. The van der Waals surface area contributed by atoms with E-state index in [-0.39, 0.29) is 17.9 Å². The lowest BCUT2D eigenvalue weighted by atomic mass is 10.1. The molecule has 2 aromatic rings. The summed E-state index contributed by atoms with van der Waals surface area (Å²) in [4.78, 5) is 25.9. The van der Waals surface area contributed by atoms with E-state index in [1.54, 1.807) is 12.1 Å². The van der Waals surface area contributed by atoms with Gasteiger partial charge >= 0.3 is 0 Å². The minimum atomic E-state index is -0.119. The monoisotopic (exact) mass is 356 g/mol. The van der Waals surface area contributed by atoms with Crippen LogP contribution in [0.25, 0.3) is 0 Å². The maximum atomic E-state index is 12.4. The molecule has 2 aromatic carbocycles. The number of carbonyl (C=O) groups excluding carboxylic acids is 2. The molecule has 2 amide bonds. The Morgan fingerprint density at radius 2 is 1.84 bits per heavy atom. The molecule has 1 N–H and O–H groups in total. The van der Waals surface area contributed by atoms with E-state index in [9.17, 15) is 9.59 Å². The van der Waals surface area contributed by atoms with E-state index in [1.165, 1.54) is 0 Å². The molecule has 0 aliphatic carbocycles. The zero-order valence-corrected chi connectivity index (χ0v) is 14.9. The van der Waals surface area contributed by atoms with Gasteiger partial charge in [-0.25, -0.2) is 0 Å². The fourth-order valence-corrected chi connectivity index (χ4v) is 3.09. The lowest BCUT2D eigenvalue weighted by Gasteiger charge is -2.16. The number of rotatable bonds is 5. The third kappa shape index (κ3) is 4.40. The Balaban J connectivity index is 1.60. The topological polar surface area (TPSA) is 49.4 Å². The summed E-state index contributed by atoms with van der Waals surface area (Å²) in [6.45, 7) is 3.37. The van der Waals surface area contributed by atoms with Crippen LogP contribution < -0.4 is 5.32 Å². The standard InChI is InChI=1S/C20H21ClN2O2/c1-14(16-8-10-18(21)11-9-16)22-20(25)17-6-4-15(5-7-17)13-23-12-2-3-19(23)24/h4-11,14H,2-3,12-13H2,1H3,(H,22,25)/t14-/m1/s1. The minimum absolute atomic E-state index is 0.105. The molecule has 0 unspecified atom stereocenters. The highest BCUT2D eigenvalue weighted by molar-refractivity contribution is 6.30. The number of hydrogen-bond donors (Lipinski definition) is 1. The first kappa shape index (κ1) is 17.5. The van der Waals surface area contributed by atoms with Crippen molar-refractivity contribution in [3.8, 4) is 0 Å². The lowest BCUT2D eigenvalue weighted by Crippen LogP contribution is -2.27. The fourth-order valence-electron chi connectivity index (χ4n) is 2.97. The Labute approximate surface area is 152 Å². The van der Waals surface area contributed by atoms with Gasteiger partial charge in [0.05, 0.1) is 6.04 Å². The van der Waals surface area contributed by atoms with Crippen molar-refractivity contribution in [3.05, 3.63) is 70.2 Å². The molecule has 1 aliphatic rings. The van der Waals surface area contributed by atoms with Gasteiger partial charge in [0, 0.05) is 30.1 Å². The number of halogens is 1. The van der Waals surface area contributed by atoms with Gasteiger partial charge in [-0.1, -0.05) is 35.9 Å². The number of nitrogens with one attached hydrogen (secondary N) is 1. The van der Waals surface area contributed by atoms with Crippen molar-refractivity contribution in [1.29, 1.82) is 0 Å². The number of carbonyl (C=O) groups is 2. The molecular formula is C20H21ClN2O2. The highest BCUT2D eigenvalue weighted by Crippen LogP contribution is 2.18. The molecule has 1 aliphatic heterocycles. The van der Waals surface area contributed by atoms with Gasteiger partial charge in [-0.2, -0.15) is 0 Å². The predicted molar refractivity (Wildman–Crippen MR) is 98.4 cm³/mol. The molecule has 25 heavy (non-hydrogen) atoms. The van der Waals surface area contributed by atoms with Crippen LogP contribution in [-0.2, 0) is 11.3 Å². The van der Waals surface area contributed by atoms with E-state index in [1.807, 2.05) is 48.2 Å². The number of hydrogen-bond acceptors (Lipinski definition) is 2. The average molecular weight is 357 g/mol. The molecule has 0 bridgehead atoms. The Morgan fingerprint density at radius 1 is 1.16 bits per heavy atom. The summed E-state index contributed by atoms with van der Waals surface area (Å²) in [5.74, 6) is 0.0878. The van der Waals surface area contributed by atoms with Crippen LogP contribution in [0.1, 0.15) is 47.3 Å². The van der Waals surface area contributed by atoms with Crippen molar-refractivity contribution in [2.24, 2.45) is 0 Å². The quantitative estimate of drug-likeness (QED) is 0.881. The Kier molecular flexibility index (Phi) is 5.39. The number of likely N-dealkylation sites (tertiary alicyclic amines) is 1. The Bertz CT molecular complexity index is 756. The van der Waals surface area contributed by atoms with Crippen LogP contribution in [0.5, 0.6) is 0 Å². The van der Waals surface area contributed by atoms with Gasteiger partial charge in [0.1, 0.15) is 0 Å². The lowest BCUT2D eigenvalue weighted by molar-refractivity contribution is -0.128. The second-order valence-corrected chi connectivity index (χ2v) is 6.80. The third-order valence-electron chi connectivity index (χ3n) is 4.48. The molecule has 4 nitrogen and oxygen atoms in total. The van der Waals surface area contributed by atoms with E-state index in [4.69, 9.17) is 11.6 Å². The molecule has 5 heteroatoms. The van der Waals surface area contributed by atoms with Crippen molar-refractivity contribution >= 4 is 23.4 Å². The van der Waals surface area contributed by atoms with Gasteiger partial charge < -0.3 is 10.2 Å². The molecular weight excluding hydrogens is 336 g/mol. The minimum Gasteiger partial charge on any atom is -0.346 e. The molecule has 1 atom stereocenters. The van der Waals surface area contributed by atoms with Crippen LogP contribution in [0.4, 0.5) is 0 Å². The first-order valence-electron chi connectivity index (χ1n) is 8.46. The van der Waals surface area contributed by atoms with Crippen molar-refractivity contribution in [3.63, 3.8) is 0 Å². The molecule has 0 saturated carbocycles. The number of amides is 2. The molecule has 0 radical (unpaired) electrons. The van der Waals surface area contributed by atoms with Crippen molar-refractivity contribution in [1.82, 2.24) is 10.2 Å². The second kappa shape index (κ2) is 7.70. The number of nitrogens with zero attached hydrogens (tertiary/aromatic N) is 1. The normalized spacial score (nSPS) is 15.3. The summed E-state index contributed by atoms with van der Waals surface area (Å²) in [6.07, 6.45) is 1.57. The van der Waals surface area contributed by atoms with Gasteiger partial charge in [-0.3, -0.25) is 9.59 Å². The van der Waals surface area contributed by atoms with Gasteiger partial charge in [0.15, 0.2) is 0 Å². The summed E-state index contributed by atoms with van der Waals surface area (Å²) in [6, 6.07) is 14.8. The highest BCUT2D eigenvalue weighted by Gasteiger charge is 2.20. The van der Waals surface area contributed by atoms with Crippen molar-refractivity contribution < 1.29 is 9.59 Å². The fraction of sp³-hybridized carbons (Fsp3) is 0.300. The highest BCUT2D eigenvalue weighted by atomic mass is 35.5. The Morgan fingerprint density at radius 3 is 2.44 bits per heavy atom. The predicted octanol–water partition coefficient (Wildman–Crippen LogP) is 3.95. The molecule has 130 valence electrons. The molecule has 0 spiro atoms. The summed E-state index contributed by atoms with van der Waals surface area (Å²) in [5.41, 5.74) is 2.65. The average Bonchev–Trinajstić information content (AvgIpc) is 3.01. The zero-order valence-electron chi connectivity index (χ0n) is 14.2. The molecule has 1 heterocycles. The van der Waals surface area contributed by atoms with Crippen LogP contribution in [0.15, 0.2) is 48.5 Å². The SMILES string of the molecule is C[C@@H](NC(=O)c1ccc(CN2CCCC2=O)cc1)c1ccc(Cl)cc1. The van der Waals surface area contributed by atoms with E-state index in [2.05, 4.69) is 5.32 Å². The molecule has 1 saturated heterocycles. The van der Waals surface area contributed by atoms with E-state index in [0.717, 1.165) is 24.1 Å². The molecule has 3 rings (SSSR count). The van der Waals surface area contributed by atoms with Crippen LogP contribution in [0.2, 0.25) is 5.02 Å². The van der Waals surface area contributed by atoms with Gasteiger partial charge in [0.2, 0.25) is 5.91 Å². The summed E-state index contributed by atoms with van der Waals surface area (Å²) >= 11 is 5.89. The third-order valence-corrected chi connectivity index (χ3v) is 4.73. The second-order valence-electron chi connectivity index (χ2n) is 6.36. The van der Waals surface area contributed by atoms with Gasteiger partial charge in [0.25, 0.3) is 5.91 Å². The smallest absolute Gasteiger partial charge is 0.251 e. The Hall–Kier alpha value is -2.33. The van der Waals surface area contributed by atoms with Crippen LogP contribution >= 0.6 is 11.6 Å². The van der Waals surface area contributed by atoms with E-state index >= 15 is 0 Å². The van der Waals surface area contributed by atoms with Crippen molar-refractivity contribution in [2.45, 2.75) is 32.4 Å². The first-order chi connectivity index (χ1) is 12.0. The van der Waals surface area contributed by atoms with Gasteiger partial charge in [-0.15, -0.1) is 0 Å². The van der Waals surface area contributed by atoms with E-state index in [0.29, 0.717) is 23.6 Å². The maximum Gasteiger partial charge on any atom is 0.251 e. The summed E-state index contributed by atoms with van der Waals surface area (Å²) in [5, 5.41) is 3.66. The number of benzene rings is 2. The zero-order chi connectivity index (χ0) is 17.8. The van der Waals surface area contributed by atoms with E-state index < -0.39 is 0 Å². The largest absolute Gasteiger partial charge is 0.346 e.